The van der Waals surface area contributed by atoms with Crippen molar-refractivity contribution in [2.75, 3.05) is 7.11 Å². The van der Waals surface area contributed by atoms with E-state index in [1.54, 1.807) is 23.8 Å². The molecule has 0 N–H and O–H groups in total. The van der Waals surface area contributed by atoms with Crippen molar-refractivity contribution >= 4 is 27.5 Å². The Morgan fingerprint density at radius 2 is 1.78 bits per heavy atom. The van der Waals surface area contributed by atoms with Gasteiger partial charge in [-0.15, -0.1) is 11.3 Å². The number of benzene rings is 2. The van der Waals surface area contributed by atoms with Gasteiger partial charge in [-0.2, -0.15) is 0 Å². The molecule has 0 saturated heterocycles. The number of ether oxygens (including phenoxy) is 2. The third-order valence-corrected chi connectivity index (χ3v) is 6.03. The molecule has 0 radical (unpaired) electrons. The predicted octanol–water partition coefficient (Wildman–Crippen LogP) is 5.06. The lowest BCUT2D eigenvalue weighted by Crippen LogP contribution is -2.24. The van der Waals surface area contributed by atoms with E-state index < -0.39 is 0 Å². The number of thiophene rings is 1. The van der Waals surface area contributed by atoms with Gasteiger partial charge in [-0.1, -0.05) is 24.3 Å². The Morgan fingerprint density at radius 3 is 2.41 bits per heavy atom. The molecule has 0 bridgehead atoms. The number of aryl methyl sites for hydroxylation is 1. The zero-order chi connectivity index (χ0) is 22.8. The Balaban J connectivity index is 1.69. The van der Waals surface area contributed by atoms with Crippen LogP contribution in [0, 0.1) is 6.92 Å². The molecule has 0 spiro atoms. The minimum Gasteiger partial charge on any atom is -0.497 e. The van der Waals surface area contributed by atoms with Crippen LogP contribution < -0.4 is 10.3 Å². The van der Waals surface area contributed by atoms with Gasteiger partial charge in [0.05, 0.1) is 30.7 Å². The van der Waals surface area contributed by atoms with Gasteiger partial charge in [0.25, 0.3) is 5.56 Å². The number of fused-ring (bicyclic) bond motifs is 1. The standard InChI is InChI=1S/C25H24N2O4S/c1-15(2)31-25(29)19-7-5-17(6-8-19)13-27-16(3)26-23-22(24(27)28)21(14-32-23)18-9-11-20(30-4)12-10-18/h5-12,14-15H,13H2,1-4H3. The third kappa shape index (κ3) is 4.29. The summed E-state index contributed by atoms with van der Waals surface area (Å²) in [5, 5.41) is 2.59. The zero-order valence-corrected chi connectivity index (χ0v) is 19.2. The lowest BCUT2D eigenvalue weighted by molar-refractivity contribution is 0.0378. The van der Waals surface area contributed by atoms with Crippen molar-refractivity contribution in [3.8, 4) is 16.9 Å². The quantitative estimate of drug-likeness (QED) is 0.386. The van der Waals surface area contributed by atoms with Crippen molar-refractivity contribution in [2.24, 2.45) is 0 Å². The number of hydrogen-bond acceptors (Lipinski definition) is 6. The average Bonchev–Trinajstić information content (AvgIpc) is 3.20. The molecular formula is C25H24N2O4S. The highest BCUT2D eigenvalue weighted by molar-refractivity contribution is 7.17. The number of rotatable bonds is 6. The molecule has 2 aromatic heterocycles. The molecule has 0 aliphatic rings. The van der Waals surface area contributed by atoms with Crippen LogP contribution in [0.4, 0.5) is 0 Å². The van der Waals surface area contributed by atoms with Crippen LogP contribution in [-0.2, 0) is 11.3 Å². The minimum absolute atomic E-state index is 0.0807. The van der Waals surface area contributed by atoms with Gasteiger partial charge in [0.1, 0.15) is 16.4 Å². The van der Waals surface area contributed by atoms with Crippen molar-refractivity contribution in [3.05, 3.63) is 81.2 Å². The Labute approximate surface area is 190 Å². The molecule has 4 rings (SSSR count). The summed E-state index contributed by atoms with van der Waals surface area (Å²) in [7, 11) is 1.63. The van der Waals surface area contributed by atoms with Crippen molar-refractivity contribution in [1.29, 1.82) is 0 Å². The molecule has 0 aliphatic heterocycles. The SMILES string of the molecule is COc1ccc(-c2csc3nc(C)n(Cc4ccc(C(=O)OC(C)C)cc4)c(=O)c23)cc1. The Kier molecular flexibility index (Phi) is 6.10. The van der Waals surface area contributed by atoms with E-state index in [9.17, 15) is 9.59 Å². The second kappa shape index (κ2) is 8.96. The van der Waals surface area contributed by atoms with Gasteiger partial charge in [-0.3, -0.25) is 9.36 Å². The van der Waals surface area contributed by atoms with E-state index in [0.29, 0.717) is 23.3 Å². The van der Waals surface area contributed by atoms with Crippen LogP contribution in [0.2, 0.25) is 0 Å². The van der Waals surface area contributed by atoms with E-state index in [1.807, 2.05) is 62.5 Å². The largest absolute Gasteiger partial charge is 0.497 e. The van der Waals surface area contributed by atoms with Gasteiger partial charge in [0, 0.05) is 10.9 Å². The molecule has 4 aromatic rings. The Bertz CT molecular complexity index is 1320. The maximum atomic E-state index is 13.5. The van der Waals surface area contributed by atoms with Crippen LogP contribution in [-0.4, -0.2) is 28.7 Å². The average molecular weight is 449 g/mol. The normalized spacial score (nSPS) is 11.2. The maximum absolute atomic E-state index is 13.5. The molecule has 164 valence electrons. The van der Waals surface area contributed by atoms with E-state index in [0.717, 1.165) is 27.3 Å². The molecule has 0 aliphatic carbocycles. The number of methoxy groups -OCH3 is 1. The van der Waals surface area contributed by atoms with Gasteiger partial charge < -0.3 is 9.47 Å². The number of hydrogen-bond donors (Lipinski definition) is 0. The van der Waals surface area contributed by atoms with Gasteiger partial charge in [0.2, 0.25) is 0 Å². The number of nitrogens with zero attached hydrogens (tertiary/aromatic N) is 2. The first-order valence-electron chi connectivity index (χ1n) is 10.3. The van der Waals surface area contributed by atoms with Gasteiger partial charge >= 0.3 is 5.97 Å². The topological polar surface area (TPSA) is 70.4 Å². The summed E-state index contributed by atoms with van der Waals surface area (Å²) in [6.45, 7) is 5.83. The fourth-order valence-corrected chi connectivity index (χ4v) is 4.49. The van der Waals surface area contributed by atoms with E-state index in [1.165, 1.54) is 11.3 Å². The molecule has 0 fully saturated rings. The highest BCUT2D eigenvalue weighted by atomic mass is 32.1. The molecule has 0 saturated carbocycles. The van der Waals surface area contributed by atoms with Crippen molar-refractivity contribution < 1.29 is 14.3 Å². The molecule has 0 atom stereocenters. The molecule has 6 nitrogen and oxygen atoms in total. The molecule has 2 aromatic carbocycles. The monoisotopic (exact) mass is 448 g/mol. The van der Waals surface area contributed by atoms with Crippen LogP contribution in [0.15, 0.2) is 58.7 Å². The summed E-state index contributed by atoms with van der Waals surface area (Å²) in [5.41, 5.74) is 3.12. The van der Waals surface area contributed by atoms with E-state index in [4.69, 9.17) is 9.47 Å². The molecule has 7 heteroatoms. The van der Waals surface area contributed by atoms with Crippen LogP contribution in [0.3, 0.4) is 0 Å². The fraction of sp³-hybridized carbons (Fsp3) is 0.240. The third-order valence-electron chi connectivity index (χ3n) is 5.16. The lowest BCUT2D eigenvalue weighted by atomic mass is 10.1. The van der Waals surface area contributed by atoms with Crippen LogP contribution >= 0.6 is 11.3 Å². The van der Waals surface area contributed by atoms with Crippen molar-refractivity contribution in [3.63, 3.8) is 0 Å². The summed E-state index contributed by atoms with van der Waals surface area (Å²) in [4.78, 5) is 30.9. The van der Waals surface area contributed by atoms with Gasteiger partial charge in [-0.05, 0) is 56.2 Å². The second-order valence-electron chi connectivity index (χ2n) is 7.76. The molecule has 2 heterocycles. The zero-order valence-electron chi connectivity index (χ0n) is 18.4. The summed E-state index contributed by atoms with van der Waals surface area (Å²) in [6, 6.07) is 14.8. The minimum atomic E-state index is -0.356. The van der Waals surface area contributed by atoms with Crippen LogP contribution in [0.1, 0.15) is 35.6 Å². The number of carbonyl (C=O) groups is 1. The first-order chi connectivity index (χ1) is 15.4. The van der Waals surface area contributed by atoms with Gasteiger partial charge in [0.15, 0.2) is 0 Å². The highest BCUT2D eigenvalue weighted by Gasteiger charge is 2.16. The molecule has 0 amide bonds. The molecule has 0 unspecified atom stereocenters. The predicted molar refractivity (Wildman–Crippen MR) is 127 cm³/mol. The first-order valence-corrected chi connectivity index (χ1v) is 11.2. The number of esters is 1. The highest BCUT2D eigenvalue weighted by Crippen LogP contribution is 2.32. The Morgan fingerprint density at radius 1 is 1.09 bits per heavy atom. The van der Waals surface area contributed by atoms with E-state index in [-0.39, 0.29) is 17.6 Å². The van der Waals surface area contributed by atoms with Gasteiger partial charge in [-0.25, -0.2) is 9.78 Å². The maximum Gasteiger partial charge on any atom is 0.338 e. The number of carbonyl (C=O) groups excluding carboxylic acids is 1. The summed E-state index contributed by atoms with van der Waals surface area (Å²) < 4.78 is 12.1. The number of aromatic nitrogens is 2. The summed E-state index contributed by atoms with van der Waals surface area (Å²) in [5.74, 6) is 1.06. The Hall–Kier alpha value is -3.45. The van der Waals surface area contributed by atoms with Crippen molar-refractivity contribution in [1.82, 2.24) is 9.55 Å². The molecular weight excluding hydrogens is 424 g/mol. The fourth-order valence-electron chi connectivity index (χ4n) is 3.51. The lowest BCUT2D eigenvalue weighted by Gasteiger charge is -2.11. The first kappa shape index (κ1) is 21.8. The van der Waals surface area contributed by atoms with Crippen molar-refractivity contribution in [2.45, 2.75) is 33.4 Å². The second-order valence-corrected chi connectivity index (χ2v) is 8.62. The van der Waals surface area contributed by atoms with E-state index in [2.05, 4.69) is 4.98 Å². The van der Waals surface area contributed by atoms with Crippen LogP contribution in [0.25, 0.3) is 21.3 Å². The van der Waals surface area contributed by atoms with E-state index >= 15 is 0 Å². The smallest absolute Gasteiger partial charge is 0.338 e. The van der Waals surface area contributed by atoms with Crippen LogP contribution in [0.5, 0.6) is 5.75 Å². The molecule has 32 heavy (non-hydrogen) atoms. The summed E-state index contributed by atoms with van der Waals surface area (Å²) >= 11 is 1.46. The summed E-state index contributed by atoms with van der Waals surface area (Å²) in [6.07, 6.45) is -0.174.